The number of carbonyl (C=O) groups is 1. The molecule has 0 radical (unpaired) electrons. The van der Waals surface area contributed by atoms with Crippen molar-refractivity contribution in [2.45, 2.75) is 12.5 Å². The first-order chi connectivity index (χ1) is 12.5. The topological polar surface area (TPSA) is 42.2 Å². The molecule has 3 rings (SSSR count). The average Bonchev–Trinajstić information content (AvgIpc) is 2.63. The second kappa shape index (κ2) is 7.91. The van der Waals surface area contributed by atoms with E-state index in [0.717, 1.165) is 5.69 Å². The molecule has 0 bridgehead atoms. The van der Waals surface area contributed by atoms with Gasteiger partial charge in [0, 0.05) is 34.5 Å². The van der Waals surface area contributed by atoms with E-state index in [0.29, 0.717) is 20.8 Å². The number of nitrogens with zero attached hydrogens (tertiary/aromatic N) is 1. The Hall–Kier alpha value is -2.34. The van der Waals surface area contributed by atoms with Crippen LogP contribution in [0.4, 0.5) is 4.39 Å². The number of aromatic nitrogens is 1. The third-order valence-corrected chi connectivity index (χ3v) is 4.67. The van der Waals surface area contributed by atoms with Crippen LogP contribution in [0.1, 0.15) is 28.4 Å². The predicted molar refractivity (Wildman–Crippen MR) is 102 cm³/mol. The zero-order valence-corrected chi connectivity index (χ0v) is 15.2. The summed E-state index contributed by atoms with van der Waals surface area (Å²) in [7, 11) is 0. The number of hydrogen-bond donors (Lipinski definition) is 1. The normalized spacial score (nSPS) is 12.0. The summed E-state index contributed by atoms with van der Waals surface area (Å²) in [6.07, 6.45) is 0.587. The van der Waals surface area contributed by atoms with Crippen LogP contribution in [0.25, 0.3) is 5.69 Å². The fourth-order valence-corrected chi connectivity index (χ4v) is 3.10. The molecule has 3 nitrogen and oxygen atoms in total. The van der Waals surface area contributed by atoms with Crippen LogP contribution >= 0.6 is 23.8 Å². The molecule has 26 heavy (non-hydrogen) atoms. The molecule has 0 fully saturated rings. The van der Waals surface area contributed by atoms with Gasteiger partial charge in [0.25, 0.3) is 0 Å². The fourth-order valence-electron chi connectivity index (χ4n) is 2.61. The summed E-state index contributed by atoms with van der Waals surface area (Å²) >= 11 is 11.4. The number of Topliss-reactive ketones (excluding diaryl/α,β-unsaturated/α-hetero) is 1. The van der Waals surface area contributed by atoms with Crippen molar-refractivity contribution in [2.24, 2.45) is 0 Å². The molecule has 1 aromatic heterocycles. The maximum absolute atomic E-state index is 13.0. The van der Waals surface area contributed by atoms with Crippen LogP contribution in [-0.4, -0.2) is 15.5 Å². The maximum atomic E-state index is 13.0. The lowest BCUT2D eigenvalue weighted by Crippen LogP contribution is -2.10. The number of ketones is 1. The molecule has 132 valence electrons. The molecule has 0 aliphatic heterocycles. The molecule has 3 aromatic rings. The van der Waals surface area contributed by atoms with Gasteiger partial charge in [0.05, 0.1) is 6.10 Å². The van der Waals surface area contributed by atoms with Crippen molar-refractivity contribution in [3.05, 3.63) is 93.5 Å². The van der Waals surface area contributed by atoms with E-state index < -0.39 is 11.9 Å². The predicted octanol–water partition coefficient (Wildman–Crippen LogP) is 5.31. The summed E-state index contributed by atoms with van der Waals surface area (Å²) in [6.45, 7) is 0. The summed E-state index contributed by atoms with van der Waals surface area (Å²) in [6, 6.07) is 15.8. The summed E-state index contributed by atoms with van der Waals surface area (Å²) in [5.74, 6) is -0.698. The van der Waals surface area contributed by atoms with E-state index in [-0.39, 0.29) is 12.2 Å². The average molecular weight is 388 g/mol. The molecular formula is C20H15ClFNO2S. The molecule has 6 heteroatoms. The van der Waals surface area contributed by atoms with E-state index in [1.807, 2.05) is 12.1 Å². The molecule has 0 saturated carbocycles. The Morgan fingerprint density at radius 1 is 1.12 bits per heavy atom. The number of carbonyl (C=O) groups excluding carboxylic acids is 1. The highest BCUT2D eigenvalue weighted by Crippen LogP contribution is 2.23. The lowest BCUT2D eigenvalue weighted by molar-refractivity contribution is 0.0879. The molecule has 1 atom stereocenters. The van der Waals surface area contributed by atoms with Gasteiger partial charge in [0.2, 0.25) is 0 Å². The quantitative estimate of drug-likeness (QED) is 0.476. The minimum Gasteiger partial charge on any atom is -0.388 e. The van der Waals surface area contributed by atoms with Crippen LogP contribution in [0.2, 0.25) is 5.02 Å². The Kier molecular flexibility index (Phi) is 5.61. The fraction of sp³-hybridized carbons (Fsp3) is 0.100. The number of hydrogen-bond acceptors (Lipinski definition) is 3. The molecule has 0 saturated heterocycles. The van der Waals surface area contributed by atoms with E-state index in [9.17, 15) is 14.3 Å². The lowest BCUT2D eigenvalue weighted by atomic mass is 10.0. The van der Waals surface area contributed by atoms with Gasteiger partial charge in [-0.3, -0.25) is 4.79 Å². The summed E-state index contributed by atoms with van der Waals surface area (Å²) in [4.78, 5) is 12.3. The third-order valence-electron chi connectivity index (χ3n) is 3.99. The van der Waals surface area contributed by atoms with E-state index in [2.05, 4.69) is 0 Å². The van der Waals surface area contributed by atoms with Crippen molar-refractivity contribution in [1.29, 1.82) is 0 Å². The number of benzene rings is 2. The van der Waals surface area contributed by atoms with Gasteiger partial charge in [-0.1, -0.05) is 29.9 Å². The van der Waals surface area contributed by atoms with Crippen LogP contribution in [-0.2, 0) is 0 Å². The van der Waals surface area contributed by atoms with Crippen LogP contribution in [0.5, 0.6) is 0 Å². The molecule has 0 aliphatic rings. The Labute approximate surface area is 160 Å². The number of halogens is 2. The largest absolute Gasteiger partial charge is 0.388 e. The number of aliphatic hydroxyl groups is 1. The van der Waals surface area contributed by atoms with Gasteiger partial charge in [-0.2, -0.15) is 0 Å². The Morgan fingerprint density at radius 3 is 2.42 bits per heavy atom. The maximum Gasteiger partial charge on any atom is 0.165 e. The monoisotopic (exact) mass is 387 g/mol. The van der Waals surface area contributed by atoms with Crippen molar-refractivity contribution in [1.82, 2.24) is 4.57 Å². The molecule has 0 aliphatic carbocycles. The van der Waals surface area contributed by atoms with Crippen LogP contribution in [0, 0.1) is 10.5 Å². The molecule has 1 N–H and O–H groups in total. The minimum atomic E-state index is -1.06. The second-order valence-corrected chi connectivity index (χ2v) is 6.59. The second-order valence-electron chi connectivity index (χ2n) is 5.77. The standard InChI is InChI=1S/C20H15ClFNO2S/c21-14-5-9-16(10-6-14)23-11-1-2-17(20(23)26)19(25)12-18(24)13-3-7-15(22)8-4-13/h1-11,19,25H,12H2. The first-order valence-electron chi connectivity index (χ1n) is 7.90. The van der Waals surface area contributed by atoms with Gasteiger partial charge in [-0.25, -0.2) is 4.39 Å². The third kappa shape index (κ3) is 4.07. The van der Waals surface area contributed by atoms with Gasteiger partial charge in [0.1, 0.15) is 10.5 Å². The van der Waals surface area contributed by atoms with E-state index in [1.165, 1.54) is 24.3 Å². The van der Waals surface area contributed by atoms with Gasteiger partial charge >= 0.3 is 0 Å². The zero-order valence-electron chi connectivity index (χ0n) is 13.6. The molecule has 0 spiro atoms. The van der Waals surface area contributed by atoms with Gasteiger partial charge < -0.3 is 9.67 Å². The van der Waals surface area contributed by atoms with Crippen LogP contribution in [0.3, 0.4) is 0 Å². The Bertz CT molecular complexity index is 984. The molecule has 1 heterocycles. The van der Waals surface area contributed by atoms with Crippen molar-refractivity contribution in [3.8, 4) is 5.69 Å². The van der Waals surface area contributed by atoms with Crippen LogP contribution in [0.15, 0.2) is 66.9 Å². The highest BCUT2D eigenvalue weighted by atomic mass is 35.5. The first kappa shape index (κ1) is 18.5. The smallest absolute Gasteiger partial charge is 0.165 e. The van der Waals surface area contributed by atoms with Gasteiger partial charge in [-0.05, 0) is 54.6 Å². The first-order valence-corrected chi connectivity index (χ1v) is 8.68. The van der Waals surface area contributed by atoms with E-state index >= 15 is 0 Å². The van der Waals surface area contributed by atoms with Crippen molar-refractivity contribution in [2.75, 3.05) is 0 Å². The molecule has 0 amide bonds. The Morgan fingerprint density at radius 2 is 1.77 bits per heavy atom. The molecule has 2 aromatic carbocycles. The SMILES string of the molecule is O=C(CC(O)c1cccn(-c2ccc(Cl)cc2)c1=S)c1ccc(F)cc1. The Balaban J connectivity index is 1.86. The minimum absolute atomic E-state index is 0.139. The van der Waals surface area contributed by atoms with Gasteiger partial charge in [-0.15, -0.1) is 0 Å². The zero-order chi connectivity index (χ0) is 18.7. The highest BCUT2D eigenvalue weighted by molar-refractivity contribution is 7.71. The summed E-state index contributed by atoms with van der Waals surface area (Å²) in [5, 5.41) is 11.1. The number of aliphatic hydroxyl groups excluding tert-OH is 1. The van der Waals surface area contributed by atoms with Crippen molar-refractivity contribution < 1.29 is 14.3 Å². The molecule has 1 unspecified atom stereocenters. The highest BCUT2D eigenvalue weighted by Gasteiger charge is 2.17. The van der Waals surface area contributed by atoms with E-state index in [1.54, 1.807) is 35.0 Å². The summed E-state index contributed by atoms with van der Waals surface area (Å²) in [5.41, 5.74) is 1.63. The number of pyridine rings is 1. The lowest BCUT2D eigenvalue weighted by Gasteiger charge is -2.14. The van der Waals surface area contributed by atoms with Crippen molar-refractivity contribution in [3.63, 3.8) is 0 Å². The summed E-state index contributed by atoms with van der Waals surface area (Å²) < 4.78 is 15.1. The van der Waals surface area contributed by atoms with Crippen LogP contribution < -0.4 is 0 Å². The number of rotatable bonds is 5. The molecular weight excluding hydrogens is 373 g/mol. The van der Waals surface area contributed by atoms with Gasteiger partial charge in [0.15, 0.2) is 5.78 Å². The van der Waals surface area contributed by atoms with E-state index in [4.69, 9.17) is 23.8 Å². The van der Waals surface area contributed by atoms with Crippen molar-refractivity contribution >= 4 is 29.6 Å².